The molecule has 0 bridgehead atoms. The summed E-state index contributed by atoms with van der Waals surface area (Å²) in [4.78, 5) is 12.3. The number of carbonyl (C=O) groups is 1. The molecular formula is C15H17BrN2O2. The van der Waals surface area contributed by atoms with Crippen LogP contribution in [0.5, 0.6) is 5.75 Å². The summed E-state index contributed by atoms with van der Waals surface area (Å²) in [7, 11) is 0. The molecule has 0 spiro atoms. The molecular weight excluding hydrogens is 320 g/mol. The Morgan fingerprint density at radius 2 is 1.95 bits per heavy atom. The Labute approximate surface area is 126 Å². The minimum Gasteiger partial charge on any atom is -0.507 e. The van der Waals surface area contributed by atoms with Gasteiger partial charge in [-0.05, 0) is 31.0 Å². The molecule has 1 amide bonds. The lowest BCUT2D eigenvalue weighted by molar-refractivity contribution is 0.0910. The fourth-order valence-electron chi connectivity index (χ4n) is 2.58. The minimum atomic E-state index is -0.799. The molecule has 1 aliphatic carbocycles. The fourth-order valence-corrected chi connectivity index (χ4v) is 2.93. The number of halogens is 1. The topological polar surface area (TPSA) is 73.1 Å². The van der Waals surface area contributed by atoms with E-state index >= 15 is 0 Å². The number of phenols is 1. The SMILES string of the molecule is N#CC1(NC(=O)c2ccc(Br)cc2O)CCCCCC1. The number of phenolic OH excluding ortho intramolecular Hbond substituents is 1. The smallest absolute Gasteiger partial charge is 0.256 e. The van der Waals surface area contributed by atoms with Gasteiger partial charge in [-0.3, -0.25) is 4.79 Å². The van der Waals surface area contributed by atoms with Crippen LogP contribution in [0.3, 0.4) is 0 Å². The zero-order valence-electron chi connectivity index (χ0n) is 11.2. The highest BCUT2D eigenvalue weighted by atomic mass is 79.9. The molecule has 0 saturated heterocycles. The van der Waals surface area contributed by atoms with Gasteiger partial charge in [0.1, 0.15) is 11.3 Å². The summed E-state index contributed by atoms with van der Waals surface area (Å²) in [6.07, 6.45) is 5.44. The number of amides is 1. The molecule has 2 N–H and O–H groups in total. The van der Waals surface area contributed by atoms with E-state index in [0.29, 0.717) is 17.3 Å². The molecule has 0 aromatic heterocycles. The summed E-state index contributed by atoms with van der Waals surface area (Å²) in [5.41, 5.74) is -0.598. The van der Waals surface area contributed by atoms with Crippen LogP contribution in [0.4, 0.5) is 0 Å². The van der Waals surface area contributed by atoms with Crippen LogP contribution in [0.1, 0.15) is 48.9 Å². The summed E-state index contributed by atoms with van der Waals surface area (Å²) < 4.78 is 0.705. The molecule has 1 saturated carbocycles. The lowest BCUT2D eigenvalue weighted by atomic mass is 9.91. The summed E-state index contributed by atoms with van der Waals surface area (Å²) in [6, 6.07) is 6.99. The fraction of sp³-hybridized carbons (Fsp3) is 0.467. The first-order valence-electron chi connectivity index (χ1n) is 6.79. The number of nitrogens with zero attached hydrogens (tertiary/aromatic N) is 1. The van der Waals surface area contributed by atoms with E-state index in [1.807, 2.05) is 0 Å². The second-order valence-corrected chi connectivity index (χ2v) is 6.14. The number of benzene rings is 1. The Kier molecular flexibility index (Phi) is 4.66. The number of nitrogens with one attached hydrogen (secondary N) is 1. The quantitative estimate of drug-likeness (QED) is 0.811. The van der Waals surface area contributed by atoms with Crippen molar-refractivity contribution in [3.8, 4) is 11.8 Å². The van der Waals surface area contributed by atoms with Gasteiger partial charge in [0.2, 0.25) is 0 Å². The minimum absolute atomic E-state index is 0.0846. The molecule has 0 heterocycles. The summed E-state index contributed by atoms with van der Waals surface area (Å²) >= 11 is 3.23. The van der Waals surface area contributed by atoms with E-state index in [2.05, 4.69) is 27.3 Å². The average Bonchev–Trinajstić information content (AvgIpc) is 2.64. The average molecular weight is 337 g/mol. The molecule has 0 atom stereocenters. The van der Waals surface area contributed by atoms with Crippen LogP contribution >= 0.6 is 15.9 Å². The first kappa shape index (κ1) is 14.9. The summed E-state index contributed by atoms with van der Waals surface area (Å²) in [6.45, 7) is 0. The van der Waals surface area contributed by atoms with Crippen molar-refractivity contribution in [2.75, 3.05) is 0 Å². The van der Waals surface area contributed by atoms with E-state index in [1.165, 1.54) is 6.07 Å². The van der Waals surface area contributed by atoms with Crippen molar-refractivity contribution in [1.29, 1.82) is 5.26 Å². The molecule has 0 radical (unpaired) electrons. The Bertz CT molecular complexity index is 543. The summed E-state index contributed by atoms with van der Waals surface area (Å²) in [5.74, 6) is -0.475. The maximum absolute atomic E-state index is 12.3. The number of rotatable bonds is 2. The first-order valence-corrected chi connectivity index (χ1v) is 7.58. The number of carbonyl (C=O) groups excluding carboxylic acids is 1. The van der Waals surface area contributed by atoms with Gasteiger partial charge in [-0.15, -0.1) is 0 Å². The second kappa shape index (κ2) is 6.27. The van der Waals surface area contributed by atoms with Crippen LogP contribution < -0.4 is 5.32 Å². The van der Waals surface area contributed by atoms with Crippen LogP contribution in [0.2, 0.25) is 0 Å². The largest absolute Gasteiger partial charge is 0.507 e. The second-order valence-electron chi connectivity index (χ2n) is 5.22. The lowest BCUT2D eigenvalue weighted by Crippen LogP contribution is -2.47. The van der Waals surface area contributed by atoms with E-state index in [1.54, 1.807) is 12.1 Å². The maximum Gasteiger partial charge on any atom is 0.256 e. The van der Waals surface area contributed by atoms with E-state index in [-0.39, 0.29) is 11.3 Å². The highest BCUT2D eigenvalue weighted by Crippen LogP contribution is 2.28. The molecule has 5 heteroatoms. The zero-order valence-corrected chi connectivity index (χ0v) is 12.7. The Hall–Kier alpha value is -1.54. The van der Waals surface area contributed by atoms with Crippen molar-refractivity contribution in [3.05, 3.63) is 28.2 Å². The van der Waals surface area contributed by atoms with Gasteiger partial charge in [0.05, 0.1) is 11.6 Å². The van der Waals surface area contributed by atoms with Crippen molar-refractivity contribution in [2.45, 2.75) is 44.1 Å². The molecule has 1 fully saturated rings. The van der Waals surface area contributed by atoms with Crippen LogP contribution in [-0.4, -0.2) is 16.6 Å². The molecule has 4 nitrogen and oxygen atoms in total. The number of aromatic hydroxyl groups is 1. The normalized spacial score (nSPS) is 17.8. The number of nitriles is 1. The molecule has 1 aliphatic rings. The predicted molar refractivity (Wildman–Crippen MR) is 79.3 cm³/mol. The molecule has 106 valence electrons. The third-order valence-corrected chi connectivity index (χ3v) is 4.22. The molecule has 1 aromatic carbocycles. The third kappa shape index (κ3) is 3.31. The molecule has 1 aromatic rings. The van der Waals surface area contributed by atoms with E-state index in [9.17, 15) is 15.2 Å². The van der Waals surface area contributed by atoms with E-state index < -0.39 is 11.4 Å². The van der Waals surface area contributed by atoms with Crippen LogP contribution in [0.15, 0.2) is 22.7 Å². The number of hydrogen-bond donors (Lipinski definition) is 2. The molecule has 0 aliphatic heterocycles. The molecule has 2 rings (SSSR count). The van der Waals surface area contributed by atoms with Gasteiger partial charge in [-0.25, -0.2) is 0 Å². The third-order valence-electron chi connectivity index (χ3n) is 3.73. The Balaban J connectivity index is 2.18. The maximum atomic E-state index is 12.3. The van der Waals surface area contributed by atoms with Gasteiger partial charge >= 0.3 is 0 Å². The highest BCUT2D eigenvalue weighted by Gasteiger charge is 2.33. The van der Waals surface area contributed by atoms with Gasteiger partial charge in [0.25, 0.3) is 5.91 Å². The van der Waals surface area contributed by atoms with Crippen molar-refractivity contribution in [1.82, 2.24) is 5.32 Å². The zero-order chi connectivity index (χ0) is 14.6. The van der Waals surface area contributed by atoms with E-state index in [0.717, 1.165) is 25.7 Å². The van der Waals surface area contributed by atoms with Gasteiger partial charge in [-0.2, -0.15) is 5.26 Å². The van der Waals surface area contributed by atoms with Crippen molar-refractivity contribution < 1.29 is 9.90 Å². The van der Waals surface area contributed by atoms with E-state index in [4.69, 9.17) is 0 Å². The Morgan fingerprint density at radius 1 is 1.30 bits per heavy atom. The monoisotopic (exact) mass is 336 g/mol. The van der Waals surface area contributed by atoms with Gasteiger partial charge in [0, 0.05) is 4.47 Å². The van der Waals surface area contributed by atoms with Crippen LogP contribution in [0.25, 0.3) is 0 Å². The lowest BCUT2D eigenvalue weighted by Gasteiger charge is -2.26. The highest BCUT2D eigenvalue weighted by molar-refractivity contribution is 9.10. The predicted octanol–water partition coefficient (Wildman–Crippen LogP) is 3.50. The van der Waals surface area contributed by atoms with Crippen LogP contribution in [-0.2, 0) is 0 Å². The van der Waals surface area contributed by atoms with Gasteiger partial charge < -0.3 is 10.4 Å². The summed E-state index contributed by atoms with van der Waals surface area (Å²) in [5, 5.41) is 22.1. The molecule has 0 unspecified atom stereocenters. The van der Waals surface area contributed by atoms with Gasteiger partial charge in [0.15, 0.2) is 0 Å². The standard InChI is InChI=1S/C15H17BrN2O2/c16-11-5-6-12(13(19)9-11)14(20)18-15(10-17)7-3-1-2-4-8-15/h5-6,9,19H,1-4,7-8H2,(H,18,20). The van der Waals surface area contributed by atoms with Crippen molar-refractivity contribution in [3.63, 3.8) is 0 Å². The van der Waals surface area contributed by atoms with Crippen molar-refractivity contribution in [2.24, 2.45) is 0 Å². The van der Waals surface area contributed by atoms with Crippen molar-refractivity contribution >= 4 is 21.8 Å². The van der Waals surface area contributed by atoms with Crippen LogP contribution in [0, 0.1) is 11.3 Å². The van der Waals surface area contributed by atoms with Gasteiger partial charge in [-0.1, -0.05) is 41.6 Å². The molecule has 20 heavy (non-hydrogen) atoms. The number of hydrogen-bond acceptors (Lipinski definition) is 3. The first-order chi connectivity index (χ1) is 9.56. The Morgan fingerprint density at radius 3 is 2.50 bits per heavy atom.